The molecule has 5 heteroatoms. The summed E-state index contributed by atoms with van der Waals surface area (Å²) < 4.78 is 0. The number of nitrogens with one attached hydrogen (secondary N) is 2. The number of likely N-dealkylation sites (N-methyl/N-ethyl adjacent to an activating group) is 1. The maximum absolute atomic E-state index is 13.5. The molecule has 0 unspecified atom stereocenters. The van der Waals surface area contributed by atoms with Crippen LogP contribution >= 0.6 is 0 Å². The number of fused-ring (bicyclic) bond motifs is 1. The van der Waals surface area contributed by atoms with Crippen molar-refractivity contribution in [1.82, 2.24) is 10.2 Å². The summed E-state index contributed by atoms with van der Waals surface area (Å²) in [6.45, 7) is 4.03. The van der Waals surface area contributed by atoms with Crippen molar-refractivity contribution >= 4 is 28.1 Å². The normalized spacial score (nSPS) is 17.3. The highest BCUT2D eigenvalue weighted by Crippen LogP contribution is 2.49. The molecule has 2 fully saturated rings. The number of hydrogen-bond donors (Lipinski definition) is 2. The zero-order valence-corrected chi connectivity index (χ0v) is 19.4. The third kappa shape index (κ3) is 3.51. The van der Waals surface area contributed by atoms with Gasteiger partial charge in [0, 0.05) is 48.5 Å². The summed E-state index contributed by atoms with van der Waals surface area (Å²) in [4.78, 5) is 18.1. The summed E-state index contributed by atoms with van der Waals surface area (Å²) >= 11 is 0. The van der Waals surface area contributed by atoms with Gasteiger partial charge in [0.05, 0.1) is 5.54 Å². The highest BCUT2D eigenvalue weighted by atomic mass is 16.1. The number of carbonyl (C=O) groups is 1. The van der Waals surface area contributed by atoms with Crippen LogP contribution in [0.25, 0.3) is 10.8 Å². The van der Waals surface area contributed by atoms with Gasteiger partial charge in [-0.2, -0.15) is 0 Å². The van der Waals surface area contributed by atoms with Crippen LogP contribution in [0, 0.1) is 6.92 Å². The van der Waals surface area contributed by atoms with Crippen molar-refractivity contribution < 1.29 is 4.79 Å². The van der Waals surface area contributed by atoms with E-state index in [2.05, 4.69) is 89.1 Å². The lowest BCUT2D eigenvalue weighted by molar-refractivity contribution is 0.0930. The quantitative estimate of drug-likeness (QED) is 0.613. The molecule has 5 nitrogen and oxygen atoms in total. The Balaban J connectivity index is 1.41. The Kier molecular flexibility index (Phi) is 5.09. The number of aryl methyl sites for hydroxylation is 1. The van der Waals surface area contributed by atoms with Gasteiger partial charge in [0.1, 0.15) is 0 Å². The summed E-state index contributed by atoms with van der Waals surface area (Å²) in [6, 6.07) is 19.6. The molecule has 1 amide bonds. The van der Waals surface area contributed by atoms with Crippen molar-refractivity contribution in [2.45, 2.75) is 31.3 Å². The number of rotatable bonds is 6. The van der Waals surface area contributed by atoms with Gasteiger partial charge in [-0.05, 0) is 68.6 Å². The number of nitrogens with zero attached hydrogens (tertiary/aromatic N) is 2. The predicted molar refractivity (Wildman–Crippen MR) is 133 cm³/mol. The van der Waals surface area contributed by atoms with Gasteiger partial charge in [-0.15, -0.1) is 0 Å². The van der Waals surface area contributed by atoms with Crippen molar-refractivity contribution in [3.05, 3.63) is 71.3 Å². The number of carbonyl (C=O) groups excluding carboxylic acids is 1. The van der Waals surface area contributed by atoms with Crippen LogP contribution in [0.15, 0.2) is 54.6 Å². The Labute approximate surface area is 190 Å². The first kappa shape index (κ1) is 20.8. The fourth-order valence-electron chi connectivity index (χ4n) is 4.85. The number of hydrogen-bond acceptors (Lipinski definition) is 4. The maximum Gasteiger partial charge on any atom is 0.252 e. The van der Waals surface area contributed by atoms with Crippen LogP contribution in [0.1, 0.15) is 34.3 Å². The molecule has 1 aliphatic carbocycles. The smallest absolute Gasteiger partial charge is 0.252 e. The molecule has 1 aliphatic heterocycles. The van der Waals surface area contributed by atoms with Gasteiger partial charge in [0.2, 0.25) is 0 Å². The Morgan fingerprint density at radius 3 is 2.41 bits per heavy atom. The number of benzene rings is 3. The summed E-state index contributed by atoms with van der Waals surface area (Å²) in [7, 11) is 6.20. The molecule has 0 aromatic heterocycles. The van der Waals surface area contributed by atoms with Crippen molar-refractivity contribution in [1.29, 1.82) is 0 Å². The molecular weight excluding hydrogens is 396 g/mol. The van der Waals surface area contributed by atoms with Crippen LogP contribution in [0.4, 0.5) is 11.4 Å². The second-order valence-corrected chi connectivity index (χ2v) is 9.51. The Morgan fingerprint density at radius 2 is 1.75 bits per heavy atom. The lowest BCUT2D eigenvalue weighted by atomic mass is 9.95. The Morgan fingerprint density at radius 1 is 1.03 bits per heavy atom. The molecule has 3 aromatic rings. The van der Waals surface area contributed by atoms with Gasteiger partial charge in [-0.1, -0.05) is 36.4 Å². The zero-order valence-electron chi connectivity index (χ0n) is 19.4. The standard InChI is InChI=1S/C27H32N4O/c1-18-9-10-19(31-16-20(17-31)30(3)4)15-23(18)26(32)29-27(13-14-27)24-11-12-25(28-2)22-8-6-5-7-21(22)24/h5-12,15,20,28H,13-14,16-17H2,1-4H3,(H,29,32). The van der Waals surface area contributed by atoms with E-state index in [1.807, 2.05) is 14.0 Å². The molecule has 1 heterocycles. The van der Waals surface area contributed by atoms with E-state index >= 15 is 0 Å². The van der Waals surface area contributed by atoms with E-state index in [0.717, 1.165) is 48.4 Å². The lowest BCUT2D eigenvalue weighted by Gasteiger charge is -2.44. The molecule has 2 aliphatic rings. The van der Waals surface area contributed by atoms with Crippen LogP contribution in [0.3, 0.4) is 0 Å². The van der Waals surface area contributed by atoms with Gasteiger partial charge in [0.25, 0.3) is 5.91 Å². The van der Waals surface area contributed by atoms with Gasteiger partial charge in [-0.3, -0.25) is 4.79 Å². The van der Waals surface area contributed by atoms with Gasteiger partial charge < -0.3 is 20.4 Å². The molecule has 2 N–H and O–H groups in total. The van der Waals surface area contributed by atoms with E-state index in [9.17, 15) is 4.79 Å². The van der Waals surface area contributed by atoms with Gasteiger partial charge in [0.15, 0.2) is 0 Å². The molecule has 0 atom stereocenters. The summed E-state index contributed by atoms with van der Waals surface area (Å²) in [5.41, 5.74) is 4.97. The van der Waals surface area contributed by atoms with E-state index in [4.69, 9.17) is 0 Å². The summed E-state index contributed by atoms with van der Waals surface area (Å²) in [6.07, 6.45) is 1.94. The average molecular weight is 429 g/mol. The third-order valence-corrected chi connectivity index (χ3v) is 7.24. The average Bonchev–Trinajstić information content (AvgIpc) is 3.52. The minimum atomic E-state index is -0.280. The fourth-order valence-corrected chi connectivity index (χ4v) is 4.85. The van der Waals surface area contributed by atoms with Crippen LogP contribution in [-0.4, -0.2) is 51.1 Å². The number of anilines is 2. The highest BCUT2D eigenvalue weighted by Gasteiger charge is 2.47. The molecule has 3 aromatic carbocycles. The molecule has 0 bridgehead atoms. The van der Waals surface area contributed by atoms with Crippen LogP contribution in [-0.2, 0) is 5.54 Å². The van der Waals surface area contributed by atoms with E-state index < -0.39 is 0 Å². The van der Waals surface area contributed by atoms with E-state index in [1.165, 1.54) is 16.3 Å². The van der Waals surface area contributed by atoms with Crippen LogP contribution in [0.2, 0.25) is 0 Å². The van der Waals surface area contributed by atoms with Gasteiger partial charge in [-0.25, -0.2) is 0 Å². The minimum absolute atomic E-state index is 0.0216. The highest BCUT2D eigenvalue weighted by molar-refractivity contribution is 6.00. The van der Waals surface area contributed by atoms with E-state index in [1.54, 1.807) is 0 Å². The second-order valence-electron chi connectivity index (χ2n) is 9.51. The SMILES string of the molecule is CNc1ccc(C2(NC(=O)c3cc(N4CC(N(C)C)C4)ccc3C)CC2)c2ccccc12. The Bertz CT molecular complexity index is 1180. The van der Waals surface area contributed by atoms with Crippen LogP contribution < -0.4 is 15.5 Å². The molecule has 0 spiro atoms. The third-order valence-electron chi connectivity index (χ3n) is 7.24. The lowest BCUT2D eigenvalue weighted by Crippen LogP contribution is -2.57. The number of amides is 1. The summed E-state index contributed by atoms with van der Waals surface area (Å²) in [5.74, 6) is 0.0216. The first-order valence-electron chi connectivity index (χ1n) is 11.5. The van der Waals surface area contributed by atoms with Crippen molar-refractivity contribution in [2.75, 3.05) is 44.4 Å². The zero-order chi connectivity index (χ0) is 22.5. The first-order valence-corrected chi connectivity index (χ1v) is 11.5. The predicted octanol–water partition coefficient (Wildman–Crippen LogP) is 4.36. The van der Waals surface area contributed by atoms with Crippen molar-refractivity contribution in [3.63, 3.8) is 0 Å². The van der Waals surface area contributed by atoms with E-state index in [0.29, 0.717) is 6.04 Å². The molecule has 1 saturated heterocycles. The van der Waals surface area contributed by atoms with E-state index in [-0.39, 0.29) is 11.4 Å². The van der Waals surface area contributed by atoms with Gasteiger partial charge >= 0.3 is 0 Å². The van der Waals surface area contributed by atoms with Crippen molar-refractivity contribution in [3.8, 4) is 0 Å². The maximum atomic E-state index is 13.5. The topological polar surface area (TPSA) is 47.6 Å². The Hall–Kier alpha value is -3.05. The monoisotopic (exact) mass is 428 g/mol. The largest absolute Gasteiger partial charge is 0.388 e. The van der Waals surface area contributed by atoms with Crippen molar-refractivity contribution in [2.24, 2.45) is 0 Å². The summed E-state index contributed by atoms with van der Waals surface area (Å²) in [5, 5.41) is 9.10. The first-order chi connectivity index (χ1) is 15.4. The molecular formula is C27H32N4O. The van der Waals surface area contributed by atoms with Crippen LogP contribution in [0.5, 0.6) is 0 Å². The fraction of sp³-hybridized carbons (Fsp3) is 0.370. The molecule has 5 rings (SSSR count). The molecule has 32 heavy (non-hydrogen) atoms. The second kappa shape index (κ2) is 7.82. The molecule has 166 valence electrons. The molecule has 0 radical (unpaired) electrons. The minimum Gasteiger partial charge on any atom is -0.388 e. The molecule has 1 saturated carbocycles.